The van der Waals surface area contributed by atoms with Crippen LogP contribution in [-0.4, -0.2) is 41.1 Å². The Hall–Kier alpha value is -3.15. The molecule has 3 aromatic rings. The normalized spacial score (nSPS) is 10.6. The molecule has 0 N–H and O–H groups in total. The van der Waals surface area contributed by atoms with Crippen molar-refractivity contribution in [1.82, 2.24) is 15.0 Å². The number of aromatic nitrogens is 2. The summed E-state index contributed by atoms with van der Waals surface area (Å²) in [6.07, 6.45) is 0. The van der Waals surface area contributed by atoms with Gasteiger partial charge in [0.1, 0.15) is 5.75 Å². The lowest BCUT2D eigenvalue weighted by atomic mass is 10.1. The largest absolute Gasteiger partial charge is 0.496 e. The van der Waals surface area contributed by atoms with Gasteiger partial charge in [-0.25, -0.2) is 0 Å². The Morgan fingerprint density at radius 3 is 2.38 bits per heavy atom. The van der Waals surface area contributed by atoms with E-state index in [9.17, 15) is 4.79 Å². The molecule has 1 aromatic heterocycles. The van der Waals surface area contributed by atoms with Gasteiger partial charge in [-0.15, -0.1) is 0 Å². The van der Waals surface area contributed by atoms with E-state index in [2.05, 4.69) is 10.1 Å². The van der Waals surface area contributed by atoms with Crippen LogP contribution < -0.4 is 4.74 Å². The van der Waals surface area contributed by atoms with E-state index in [0.717, 1.165) is 5.56 Å². The van der Waals surface area contributed by atoms with Gasteiger partial charge >= 0.3 is 0 Å². The quantitative estimate of drug-likeness (QED) is 0.674. The molecule has 26 heavy (non-hydrogen) atoms. The second kappa shape index (κ2) is 7.82. The van der Waals surface area contributed by atoms with Gasteiger partial charge in [0.15, 0.2) is 0 Å². The molecule has 0 fully saturated rings. The van der Waals surface area contributed by atoms with Crippen LogP contribution in [-0.2, 0) is 0 Å². The molecule has 0 saturated heterocycles. The van der Waals surface area contributed by atoms with Crippen molar-refractivity contribution in [2.24, 2.45) is 0 Å². The maximum Gasteiger partial charge on any atom is 0.259 e. The van der Waals surface area contributed by atoms with Crippen molar-refractivity contribution in [3.8, 4) is 28.6 Å². The number of ether oxygens (including phenoxy) is 1. The minimum atomic E-state index is -0.0531. The highest BCUT2D eigenvalue weighted by atomic mass is 16.5. The van der Waals surface area contributed by atoms with E-state index in [4.69, 9.17) is 9.26 Å². The highest BCUT2D eigenvalue weighted by Crippen LogP contribution is 2.30. The maximum atomic E-state index is 12.8. The van der Waals surface area contributed by atoms with Crippen molar-refractivity contribution in [2.45, 2.75) is 13.8 Å². The summed E-state index contributed by atoms with van der Waals surface area (Å²) in [5, 5.41) is 4.07. The van der Waals surface area contributed by atoms with E-state index in [1.165, 1.54) is 0 Å². The molecule has 0 spiro atoms. The van der Waals surface area contributed by atoms with Gasteiger partial charge in [0.25, 0.3) is 11.8 Å². The average molecular weight is 351 g/mol. The molecule has 6 heteroatoms. The van der Waals surface area contributed by atoms with Gasteiger partial charge < -0.3 is 14.2 Å². The minimum absolute atomic E-state index is 0.0531. The summed E-state index contributed by atoms with van der Waals surface area (Å²) in [6.45, 7) is 5.19. The molecule has 134 valence electrons. The summed E-state index contributed by atoms with van der Waals surface area (Å²) in [5.74, 6) is 1.33. The van der Waals surface area contributed by atoms with Crippen LogP contribution in [0.3, 0.4) is 0 Å². The third-order valence-corrected chi connectivity index (χ3v) is 4.21. The maximum absolute atomic E-state index is 12.8. The lowest BCUT2D eigenvalue weighted by molar-refractivity contribution is 0.0773. The van der Waals surface area contributed by atoms with Crippen LogP contribution in [0.25, 0.3) is 22.8 Å². The fourth-order valence-corrected chi connectivity index (χ4v) is 2.81. The van der Waals surface area contributed by atoms with Crippen molar-refractivity contribution < 1.29 is 14.1 Å². The molecule has 6 nitrogen and oxygen atoms in total. The minimum Gasteiger partial charge on any atom is -0.496 e. The molecule has 0 saturated carbocycles. The number of amides is 1. The van der Waals surface area contributed by atoms with Crippen molar-refractivity contribution in [1.29, 1.82) is 0 Å². The summed E-state index contributed by atoms with van der Waals surface area (Å²) >= 11 is 0. The van der Waals surface area contributed by atoms with Crippen LogP contribution in [0.5, 0.6) is 5.75 Å². The Kier molecular flexibility index (Phi) is 5.31. The number of hydrogen-bond donors (Lipinski definition) is 0. The third-order valence-electron chi connectivity index (χ3n) is 4.21. The second-order valence-electron chi connectivity index (χ2n) is 5.65. The van der Waals surface area contributed by atoms with Crippen molar-refractivity contribution in [3.05, 3.63) is 54.1 Å². The Morgan fingerprint density at radius 2 is 1.69 bits per heavy atom. The van der Waals surface area contributed by atoms with Gasteiger partial charge in [0, 0.05) is 13.1 Å². The smallest absolute Gasteiger partial charge is 0.259 e. The molecule has 3 rings (SSSR count). The first-order valence-corrected chi connectivity index (χ1v) is 8.55. The average Bonchev–Trinajstić information content (AvgIpc) is 3.18. The van der Waals surface area contributed by atoms with Crippen LogP contribution in [0.1, 0.15) is 24.2 Å². The molecule has 0 atom stereocenters. The van der Waals surface area contributed by atoms with Crippen LogP contribution in [0, 0.1) is 0 Å². The van der Waals surface area contributed by atoms with Gasteiger partial charge in [-0.05, 0) is 38.1 Å². The molecule has 1 heterocycles. The first kappa shape index (κ1) is 17.7. The van der Waals surface area contributed by atoms with E-state index in [1.807, 2.05) is 56.3 Å². The number of carbonyl (C=O) groups is 1. The lowest BCUT2D eigenvalue weighted by Crippen LogP contribution is -2.30. The summed E-state index contributed by atoms with van der Waals surface area (Å²) in [5.41, 5.74) is 1.90. The lowest BCUT2D eigenvalue weighted by Gasteiger charge is -2.19. The SMILES string of the molecule is CCN(CC)C(=O)c1ccccc1-c1nc(-c2ccccc2OC)no1. The Bertz CT molecular complexity index is 901. The molecule has 2 aromatic carbocycles. The van der Waals surface area contributed by atoms with Crippen LogP contribution in [0.15, 0.2) is 53.1 Å². The van der Waals surface area contributed by atoms with Gasteiger partial charge in [0.2, 0.25) is 5.82 Å². The molecule has 0 radical (unpaired) electrons. The third kappa shape index (κ3) is 3.31. The number of nitrogens with zero attached hydrogens (tertiary/aromatic N) is 3. The zero-order chi connectivity index (χ0) is 18.5. The molecule has 1 amide bonds. The zero-order valence-electron chi connectivity index (χ0n) is 15.1. The number of rotatable bonds is 6. The van der Waals surface area contributed by atoms with Crippen molar-refractivity contribution >= 4 is 5.91 Å². The van der Waals surface area contributed by atoms with Crippen molar-refractivity contribution in [2.75, 3.05) is 20.2 Å². The summed E-state index contributed by atoms with van der Waals surface area (Å²) < 4.78 is 10.8. The monoisotopic (exact) mass is 351 g/mol. The van der Waals surface area contributed by atoms with E-state index < -0.39 is 0 Å². The fourth-order valence-electron chi connectivity index (χ4n) is 2.81. The second-order valence-corrected chi connectivity index (χ2v) is 5.65. The fraction of sp³-hybridized carbons (Fsp3) is 0.250. The summed E-state index contributed by atoms with van der Waals surface area (Å²) in [7, 11) is 1.60. The van der Waals surface area contributed by atoms with E-state index in [-0.39, 0.29) is 5.91 Å². The first-order valence-electron chi connectivity index (χ1n) is 8.55. The van der Waals surface area contributed by atoms with Crippen LogP contribution in [0.4, 0.5) is 0 Å². The standard InChI is InChI=1S/C20H21N3O3/c1-4-23(5-2)20(24)15-11-7-6-10-14(15)19-21-18(22-26-19)16-12-8-9-13-17(16)25-3/h6-13H,4-5H2,1-3H3. The number of carbonyl (C=O) groups excluding carboxylic acids is 1. The highest BCUT2D eigenvalue weighted by molar-refractivity contribution is 6.00. The van der Waals surface area contributed by atoms with Gasteiger partial charge in [-0.1, -0.05) is 29.4 Å². The molecular weight excluding hydrogens is 330 g/mol. The molecule has 0 aliphatic heterocycles. The molecule has 0 aliphatic carbocycles. The van der Waals surface area contributed by atoms with E-state index >= 15 is 0 Å². The predicted molar refractivity (Wildman–Crippen MR) is 99.0 cm³/mol. The van der Waals surface area contributed by atoms with Crippen LogP contribution >= 0.6 is 0 Å². The number of methoxy groups -OCH3 is 1. The van der Waals surface area contributed by atoms with Crippen LogP contribution in [0.2, 0.25) is 0 Å². The predicted octanol–water partition coefficient (Wildman–Crippen LogP) is 3.89. The first-order chi connectivity index (χ1) is 12.7. The van der Waals surface area contributed by atoms with E-state index in [1.54, 1.807) is 18.1 Å². The topological polar surface area (TPSA) is 68.5 Å². The molecular formula is C20H21N3O3. The molecule has 0 aliphatic rings. The number of benzene rings is 2. The summed E-state index contributed by atoms with van der Waals surface area (Å²) in [4.78, 5) is 19.0. The zero-order valence-corrected chi connectivity index (χ0v) is 15.1. The highest BCUT2D eigenvalue weighted by Gasteiger charge is 2.21. The van der Waals surface area contributed by atoms with Crippen molar-refractivity contribution in [3.63, 3.8) is 0 Å². The van der Waals surface area contributed by atoms with Gasteiger partial charge in [-0.3, -0.25) is 4.79 Å². The summed E-state index contributed by atoms with van der Waals surface area (Å²) in [6, 6.07) is 14.7. The van der Waals surface area contributed by atoms with E-state index in [0.29, 0.717) is 41.7 Å². The Labute approximate surface area is 152 Å². The molecule has 0 unspecified atom stereocenters. The van der Waals surface area contributed by atoms with Gasteiger partial charge in [0.05, 0.1) is 23.8 Å². The molecule has 0 bridgehead atoms. The Morgan fingerprint density at radius 1 is 1.04 bits per heavy atom. The number of para-hydroxylation sites is 1. The Balaban J connectivity index is 2.02. The van der Waals surface area contributed by atoms with Gasteiger partial charge in [-0.2, -0.15) is 4.98 Å². The number of hydrogen-bond acceptors (Lipinski definition) is 5.